The lowest BCUT2D eigenvalue weighted by Gasteiger charge is -2.22. The van der Waals surface area contributed by atoms with E-state index in [1.54, 1.807) is 18.5 Å². The fraction of sp³-hybridized carbons (Fsp3) is 0.238. The first-order valence-corrected chi connectivity index (χ1v) is 8.81. The van der Waals surface area contributed by atoms with Gasteiger partial charge in [-0.3, -0.25) is 9.78 Å². The quantitative estimate of drug-likeness (QED) is 0.717. The average Bonchev–Trinajstić information content (AvgIpc) is 2.67. The summed E-state index contributed by atoms with van der Waals surface area (Å²) in [6, 6.07) is 15.1. The second-order valence-corrected chi connectivity index (χ2v) is 7.19. The van der Waals surface area contributed by atoms with E-state index in [2.05, 4.69) is 46.4 Å². The molecule has 6 nitrogen and oxygen atoms in total. The van der Waals surface area contributed by atoms with Gasteiger partial charge in [0.25, 0.3) is 5.91 Å². The van der Waals surface area contributed by atoms with Gasteiger partial charge in [-0.25, -0.2) is 9.97 Å². The average molecular weight is 361 g/mol. The number of nitrogens with zero attached hydrogens (tertiary/aromatic N) is 3. The van der Waals surface area contributed by atoms with Crippen LogP contribution >= 0.6 is 0 Å². The number of amides is 1. The number of hydrogen-bond donors (Lipinski definition) is 2. The molecule has 2 N–H and O–H groups in total. The van der Waals surface area contributed by atoms with Crippen molar-refractivity contribution in [2.24, 2.45) is 0 Å². The molecule has 0 spiro atoms. The lowest BCUT2D eigenvalue weighted by Crippen LogP contribution is -2.20. The van der Waals surface area contributed by atoms with E-state index in [1.165, 1.54) is 0 Å². The molecule has 0 aliphatic rings. The van der Waals surface area contributed by atoms with Crippen LogP contribution in [0.2, 0.25) is 0 Å². The maximum atomic E-state index is 12.7. The Bertz CT molecular complexity index is 919. The maximum absolute atomic E-state index is 12.7. The standard InChI is InChI=1S/C21H23N5O/c1-21(2,3)16-9-4-5-10-17(16)25-19(27)18-11-13-23-20(26-18)24-14-15-8-6-7-12-22-15/h4-13H,14H2,1-3H3,(H,25,27)(H,23,24,26). The smallest absolute Gasteiger partial charge is 0.274 e. The number of rotatable bonds is 5. The third-order valence-electron chi connectivity index (χ3n) is 4.03. The van der Waals surface area contributed by atoms with Crippen LogP contribution < -0.4 is 10.6 Å². The Balaban J connectivity index is 1.73. The van der Waals surface area contributed by atoms with Gasteiger partial charge in [0.15, 0.2) is 0 Å². The van der Waals surface area contributed by atoms with Gasteiger partial charge in [0.1, 0.15) is 5.69 Å². The number of hydrogen-bond acceptors (Lipinski definition) is 5. The number of pyridine rings is 1. The fourth-order valence-electron chi connectivity index (χ4n) is 2.68. The molecular formula is C21H23N5O. The summed E-state index contributed by atoms with van der Waals surface area (Å²) in [5.74, 6) is 0.118. The molecule has 1 aromatic carbocycles. The molecule has 2 aromatic heterocycles. The lowest BCUT2D eigenvalue weighted by atomic mass is 9.86. The van der Waals surface area contributed by atoms with E-state index < -0.39 is 0 Å². The number of carbonyl (C=O) groups is 1. The molecule has 0 saturated carbocycles. The van der Waals surface area contributed by atoms with E-state index in [0.29, 0.717) is 18.2 Å². The SMILES string of the molecule is CC(C)(C)c1ccccc1NC(=O)c1ccnc(NCc2ccccn2)n1. The van der Waals surface area contributed by atoms with Crippen molar-refractivity contribution in [2.75, 3.05) is 10.6 Å². The van der Waals surface area contributed by atoms with Crippen LogP contribution in [0, 0.1) is 0 Å². The predicted octanol–water partition coefficient (Wildman–Crippen LogP) is 4.03. The minimum atomic E-state index is -0.269. The van der Waals surface area contributed by atoms with Crippen molar-refractivity contribution < 1.29 is 4.79 Å². The van der Waals surface area contributed by atoms with Crippen molar-refractivity contribution >= 4 is 17.5 Å². The van der Waals surface area contributed by atoms with Crippen molar-refractivity contribution in [2.45, 2.75) is 32.7 Å². The zero-order chi connectivity index (χ0) is 19.3. The molecule has 0 unspecified atom stereocenters. The fourth-order valence-corrected chi connectivity index (χ4v) is 2.68. The first-order valence-electron chi connectivity index (χ1n) is 8.81. The van der Waals surface area contributed by atoms with Gasteiger partial charge >= 0.3 is 0 Å². The van der Waals surface area contributed by atoms with Gasteiger partial charge in [-0.15, -0.1) is 0 Å². The topological polar surface area (TPSA) is 79.8 Å². The minimum Gasteiger partial charge on any atom is -0.349 e. The molecule has 0 bridgehead atoms. The highest BCUT2D eigenvalue weighted by atomic mass is 16.1. The molecular weight excluding hydrogens is 338 g/mol. The predicted molar refractivity (Wildman–Crippen MR) is 107 cm³/mol. The molecule has 1 amide bonds. The van der Waals surface area contributed by atoms with Gasteiger partial charge in [0.2, 0.25) is 5.95 Å². The number of anilines is 2. The van der Waals surface area contributed by atoms with E-state index in [4.69, 9.17) is 0 Å². The highest BCUT2D eigenvalue weighted by molar-refractivity contribution is 6.03. The zero-order valence-corrected chi connectivity index (χ0v) is 15.7. The molecule has 0 aliphatic carbocycles. The van der Waals surface area contributed by atoms with Crippen LogP contribution in [0.5, 0.6) is 0 Å². The third kappa shape index (κ3) is 4.88. The van der Waals surface area contributed by atoms with Crippen LogP contribution in [0.4, 0.5) is 11.6 Å². The number of nitrogens with one attached hydrogen (secondary N) is 2. The monoisotopic (exact) mass is 361 g/mol. The number of carbonyl (C=O) groups excluding carboxylic acids is 1. The molecule has 6 heteroatoms. The first-order chi connectivity index (χ1) is 12.9. The van der Waals surface area contributed by atoms with Crippen molar-refractivity contribution in [1.29, 1.82) is 0 Å². The summed E-state index contributed by atoms with van der Waals surface area (Å²) in [6.07, 6.45) is 3.30. The summed E-state index contributed by atoms with van der Waals surface area (Å²) >= 11 is 0. The van der Waals surface area contributed by atoms with Gasteiger partial charge in [0, 0.05) is 18.1 Å². The van der Waals surface area contributed by atoms with Crippen molar-refractivity contribution in [3.8, 4) is 0 Å². The second kappa shape index (κ2) is 7.95. The second-order valence-electron chi connectivity index (χ2n) is 7.19. The Hall–Kier alpha value is -3.28. The Kier molecular flexibility index (Phi) is 5.45. The zero-order valence-electron chi connectivity index (χ0n) is 15.7. The Morgan fingerprint density at radius 1 is 0.963 bits per heavy atom. The minimum absolute atomic E-state index is 0.0784. The molecule has 0 fully saturated rings. The van der Waals surface area contributed by atoms with E-state index in [1.807, 2.05) is 42.5 Å². The van der Waals surface area contributed by atoms with Crippen LogP contribution in [0.25, 0.3) is 0 Å². The van der Waals surface area contributed by atoms with Gasteiger partial charge in [-0.2, -0.15) is 0 Å². The van der Waals surface area contributed by atoms with Gasteiger partial charge in [0.05, 0.1) is 12.2 Å². The first kappa shape index (κ1) is 18.5. The number of aromatic nitrogens is 3. The molecule has 0 radical (unpaired) electrons. The Labute approximate surface area is 159 Å². The molecule has 0 saturated heterocycles. The van der Waals surface area contributed by atoms with Crippen molar-refractivity contribution in [1.82, 2.24) is 15.0 Å². The number of para-hydroxylation sites is 1. The Morgan fingerprint density at radius 3 is 2.48 bits per heavy atom. The van der Waals surface area contributed by atoms with Crippen molar-refractivity contribution in [3.63, 3.8) is 0 Å². The summed E-state index contributed by atoms with van der Waals surface area (Å²) < 4.78 is 0. The summed E-state index contributed by atoms with van der Waals surface area (Å²) in [7, 11) is 0. The van der Waals surface area contributed by atoms with E-state index in [-0.39, 0.29) is 11.3 Å². The summed E-state index contributed by atoms with van der Waals surface area (Å²) in [6.45, 7) is 6.83. The van der Waals surface area contributed by atoms with Crippen LogP contribution in [-0.2, 0) is 12.0 Å². The molecule has 0 aliphatic heterocycles. The van der Waals surface area contributed by atoms with Gasteiger partial charge < -0.3 is 10.6 Å². The van der Waals surface area contributed by atoms with Crippen LogP contribution in [-0.4, -0.2) is 20.9 Å². The van der Waals surface area contributed by atoms with Crippen LogP contribution in [0.1, 0.15) is 42.5 Å². The van der Waals surface area contributed by atoms with Gasteiger partial charge in [-0.05, 0) is 35.2 Å². The summed E-state index contributed by atoms with van der Waals surface area (Å²) in [5, 5.41) is 6.06. The maximum Gasteiger partial charge on any atom is 0.274 e. The highest BCUT2D eigenvalue weighted by Crippen LogP contribution is 2.29. The summed E-state index contributed by atoms with van der Waals surface area (Å²) in [4.78, 5) is 25.4. The molecule has 3 aromatic rings. The summed E-state index contributed by atoms with van der Waals surface area (Å²) in [5.41, 5.74) is 2.95. The normalized spacial score (nSPS) is 11.1. The van der Waals surface area contributed by atoms with E-state index in [9.17, 15) is 4.79 Å². The molecule has 0 atom stereocenters. The molecule has 138 valence electrons. The largest absolute Gasteiger partial charge is 0.349 e. The molecule has 3 rings (SSSR count). The lowest BCUT2D eigenvalue weighted by molar-refractivity contribution is 0.102. The molecule has 27 heavy (non-hydrogen) atoms. The van der Waals surface area contributed by atoms with Crippen molar-refractivity contribution in [3.05, 3.63) is 77.9 Å². The number of benzene rings is 1. The Morgan fingerprint density at radius 2 is 1.74 bits per heavy atom. The van der Waals surface area contributed by atoms with Crippen LogP contribution in [0.3, 0.4) is 0 Å². The van der Waals surface area contributed by atoms with Crippen LogP contribution in [0.15, 0.2) is 60.9 Å². The third-order valence-corrected chi connectivity index (χ3v) is 4.03. The van der Waals surface area contributed by atoms with E-state index >= 15 is 0 Å². The highest BCUT2D eigenvalue weighted by Gasteiger charge is 2.19. The molecule has 2 heterocycles. The van der Waals surface area contributed by atoms with E-state index in [0.717, 1.165) is 16.9 Å². The van der Waals surface area contributed by atoms with Gasteiger partial charge in [-0.1, -0.05) is 45.0 Å².